The number of hydrogen-bond donors (Lipinski definition) is 5. The van der Waals surface area contributed by atoms with Crippen molar-refractivity contribution in [2.45, 2.75) is 11.4 Å². The second-order valence-corrected chi connectivity index (χ2v) is 9.44. The first-order valence-corrected chi connectivity index (χ1v) is 11.7. The van der Waals surface area contributed by atoms with Gasteiger partial charge in [0.1, 0.15) is 17.1 Å². The summed E-state index contributed by atoms with van der Waals surface area (Å²) in [7, 11) is 0. The Morgan fingerprint density at radius 1 is 1.47 bits per heavy atom. The normalized spacial score (nSPS) is 24.1. The van der Waals surface area contributed by atoms with E-state index in [-0.39, 0.29) is 16.7 Å². The number of β-lactam (4-membered cyclic amide) rings is 1. The number of carbonyl (C=O) groups excluding carboxylic acids is 2. The fourth-order valence-electron chi connectivity index (χ4n) is 3.11. The van der Waals surface area contributed by atoms with Crippen LogP contribution in [0.25, 0.3) is 0 Å². The number of aliphatic carboxylic acids is 1. The topological polar surface area (TPSA) is 195 Å². The van der Waals surface area contributed by atoms with Crippen LogP contribution in [-0.4, -0.2) is 84.7 Å². The monoisotopic (exact) mass is 496 g/mol. The third-order valence-corrected chi connectivity index (χ3v) is 7.64. The van der Waals surface area contributed by atoms with Crippen LogP contribution < -0.4 is 16.4 Å². The number of amides is 2. The Balaban J connectivity index is 1.48. The second-order valence-electron chi connectivity index (χ2n) is 6.59. The van der Waals surface area contributed by atoms with Crippen LogP contribution in [0.4, 0.5) is 5.13 Å². The molecule has 32 heavy (non-hydrogen) atoms. The molecule has 4 rings (SSSR count). The molecule has 0 bridgehead atoms. The first-order chi connectivity index (χ1) is 15.4. The van der Waals surface area contributed by atoms with Crippen LogP contribution in [-0.2, 0) is 14.4 Å². The van der Waals surface area contributed by atoms with Crippen molar-refractivity contribution in [3.8, 4) is 0 Å². The minimum Gasteiger partial charge on any atom is -0.477 e. The Morgan fingerprint density at radius 2 is 2.28 bits per heavy atom. The van der Waals surface area contributed by atoms with Gasteiger partial charge in [-0.3, -0.25) is 19.5 Å². The summed E-state index contributed by atoms with van der Waals surface area (Å²) in [5, 5.41) is 28.6. The van der Waals surface area contributed by atoms with E-state index in [1.54, 1.807) is 6.34 Å². The number of aromatic nitrogens is 2. The Kier molecular flexibility index (Phi) is 6.33. The summed E-state index contributed by atoms with van der Waals surface area (Å²) in [4.78, 5) is 46.8. The molecule has 0 aromatic carbocycles. The summed E-state index contributed by atoms with van der Waals surface area (Å²) in [6.07, 6.45) is 1.62. The molecule has 16 heteroatoms. The summed E-state index contributed by atoms with van der Waals surface area (Å²) in [5.74, 6) is -2.51. The van der Waals surface area contributed by atoms with E-state index in [4.69, 9.17) is 5.73 Å². The molecule has 3 aliphatic heterocycles. The van der Waals surface area contributed by atoms with Gasteiger partial charge in [0.05, 0.1) is 12.9 Å². The van der Waals surface area contributed by atoms with Gasteiger partial charge < -0.3 is 26.7 Å². The summed E-state index contributed by atoms with van der Waals surface area (Å²) in [6.45, 7) is 1.14. The first kappa shape index (κ1) is 22.1. The summed E-state index contributed by atoms with van der Waals surface area (Å²) < 4.78 is 3.81. The van der Waals surface area contributed by atoms with E-state index < -0.39 is 34.9 Å². The molecule has 3 aliphatic rings. The molecular formula is C16H16N8O5S3. The number of anilines is 1. The highest BCUT2D eigenvalue weighted by atomic mass is 32.2. The van der Waals surface area contributed by atoms with Crippen molar-refractivity contribution in [1.82, 2.24) is 24.9 Å². The number of aliphatic imine (C=N–C) groups is 1. The maximum atomic E-state index is 12.7. The lowest BCUT2D eigenvalue weighted by Crippen LogP contribution is -2.71. The van der Waals surface area contributed by atoms with Gasteiger partial charge in [-0.2, -0.15) is 9.36 Å². The zero-order valence-corrected chi connectivity index (χ0v) is 18.5. The van der Waals surface area contributed by atoms with Gasteiger partial charge in [-0.25, -0.2) is 4.79 Å². The van der Waals surface area contributed by atoms with E-state index in [0.717, 1.165) is 22.0 Å². The lowest BCUT2D eigenvalue weighted by atomic mass is 10.0. The third-order valence-electron chi connectivity index (χ3n) is 4.57. The first-order valence-electron chi connectivity index (χ1n) is 9.00. The van der Waals surface area contributed by atoms with Gasteiger partial charge in [0.2, 0.25) is 11.5 Å². The zero-order chi connectivity index (χ0) is 22.8. The maximum Gasteiger partial charge on any atom is 0.353 e. The van der Waals surface area contributed by atoms with E-state index in [2.05, 4.69) is 30.1 Å². The van der Waals surface area contributed by atoms with Gasteiger partial charge in [0.25, 0.3) is 11.8 Å². The lowest BCUT2D eigenvalue weighted by molar-refractivity contribution is -0.150. The molecule has 1 saturated heterocycles. The van der Waals surface area contributed by atoms with Crippen molar-refractivity contribution >= 4 is 70.0 Å². The quantitative estimate of drug-likeness (QED) is 0.144. The average Bonchev–Trinajstić information content (AvgIpc) is 3.22. The molecule has 0 saturated carbocycles. The number of nitrogens with zero attached hydrogens (tertiary/aromatic N) is 5. The minimum absolute atomic E-state index is 0.0785. The van der Waals surface area contributed by atoms with Crippen molar-refractivity contribution in [3.63, 3.8) is 0 Å². The van der Waals surface area contributed by atoms with Crippen molar-refractivity contribution in [2.24, 2.45) is 10.1 Å². The van der Waals surface area contributed by atoms with Crippen LogP contribution in [0.15, 0.2) is 31.7 Å². The van der Waals surface area contributed by atoms with Crippen LogP contribution >= 0.6 is 35.1 Å². The van der Waals surface area contributed by atoms with Gasteiger partial charge >= 0.3 is 5.97 Å². The second kappa shape index (κ2) is 9.17. The number of carboxylic acid groups (broad SMARTS) is 1. The Bertz CT molecular complexity index is 1100. The molecule has 1 fully saturated rings. The van der Waals surface area contributed by atoms with Crippen molar-refractivity contribution in [1.29, 1.82) is 0 Å². The number of fused-ring (bicyclic) bond motifs is 1. The fraction of sp³-hybridized carbons (Fsp3) is 0.312. The summed E-state index contributed by atoms with van der Waals surface area (Å²) >= 11 is 3.39. The molecule has 0 radical (unpaired) electrons. The number of nitrogens with two attached hydrogens (primary N) is 1. The maximum absolute atomic E-state index is 12.7. The van der Waals surface area contributed by atoms with E-state index in [1.165, 1.54) is 23.5 Å². The van der Waals surface area contributed by atoms with Crippen LogP contribution in [0, 0.1) is 0 Å². The third kappa shape index (κ3) is 4.15. The molecule has 13 nitrogen and oxygen atoms in total. The molecule has 2 amide bonds. The minimum atomic E-state index is -1.23. The molecule has 6 N–H and O–H groups in total. The predicted molar refractivity (Wildman–Crippen MR) is 119 cm³/mol. The number of rotatable bonds is 6. The summed E-state index contributed by atoms with van der Waals surface area (Å²) in [5.41, 5.74) is 5.88. The predicted octanol–water partition coefficient (Wildman–Crippen LogP) is -0.757. The van der Waals surface area contributed by atoms with Gasteiger partial charge in [0.15, 0.2) is 5.13 Å². The van der Waals surface area contributed by atoms with Gasteiger partial charge in [-0.1, -0.05) is 16.9 Å². The molecule has 168 valence electrons. The number of nitrogen functional groups attached to an aromatic ring is 1. The Labute approximate surface area is 193 Å². The SMILES string of the molecule is Nc1nc(/C(=N/O)C(=O)NC2C(=O)N3C(C(=O)O)=C(SC=C4CN=CNC4)CS[C@H]23)ns1. The van der Waals surface area contributed by atoms with E-state index >= 15 is 0 Å². The average molecular weight is 497 g/mol. The molecule has 1 aromatic rings. The molecule has 2 atom stereocenters. The molecular weight excluding hydrogens is 480 g/mol. The van der Waals surface area contributed by atoms with Gasteiger partial charge in [-0.05, 0) is 11.0 Å². The molecule has 0 aliphatic carbocycles. The van der Waals surface area contributed by atoms with E-state index in [9.17, 15) is 24.7 Å². The number of carbonyl (C=O) groups is 3. The van der Waals surface area contributed by atoms with Crippen molar-refractivity contribution < 1.29 is 24.7 Å². The highest BCUT2D eigenvalue weighted by Gasteiger charge is 2.54. The number of oxime groups is 1. The molecule has 1 aromatic heterocycles. The lowest BCUT2D eigenvalue weighted by Gasteiger charge is -2.49. The standard InChI is InChI=1S/C16H16N8O5S3/c17-16-21-11(23-32-16)8(22-29)12(25)20-9-13(26)24-10(15(27)28)7(4-31-14(9)24)30-3-6-1-18-5-19-2-6/h3,5,9,14,29H,1-2,4H2,(H,18,19)(H,20,25)(H,27,28)(H2,17,21,23)/b22-8-/t9?,14-/m1/s1. The molecule has 4 heterocycles. The van der Waals surface area contributed by atoms with E-state index in [1.807, 2.05) is 5.41 Å². The van der Waals surface area contributed by atoms with Crippen LogP contribution in [0.5, 0.6) is 0 Å². The number of carboxylic acids is 1. The highest BCUT2D eigenvalue weighted by molar-refractivity contribution is 8.08. The Morgan fingerprint density at radius 3 is 2.91 bits per heavy atom. The van der Waals surface area contributed by atoms with Crippen molar-refractivity contribution in [3.05, 3.63) is 27.4 Å². The van der Waals surface area contributed by atoms with Crippen molar-refractivity contribution in [2.75, 3.05) is 24.6 Å². The molecule has 1 unspecified atom stereocenters. The van der Waals surface area contributed by atoms with Crippen LogP contribution in [0.2, 0.25) is 0 Å². The zero-order valence-electron chi connectivity index (χ0n) is 16.1. The van der Waals surface area contributed by atoms with Crippen LogP contribution in [0.1, 0.15) is 5.82 Å². The summed E-state index contributed by atoms with van der Waals surface area (Å²) in [6, 6.07) is -0.989. The highest BCUT2D eigenvalue weighted by Crippen LogP contribution is 2.43. The Hall–Kier alpha value is -3.11. The fourth-order valence-corrected chi connectivity index (χ4v) is 5.98. The smallest absolute Gasteiger partial charge is 0.353 e. The largest absolute Gasteiger partial charge is 0.477 e. The van der Waals surface area contributed by atoms with E-state index in [0.29, 0.717) is 23.7 Å². The van der Waals surface area contributed by atoms with Gasteiger partial charge in [-0.15, -0.1) is 11.8 Å². The number of thioether (sulfide) groups is 2. The molecule has 0 spiro atoms. The van der Waals surface area contributed by atoms with Crippen LogP contribution in [0.3, 0.4) is 0 Å². The van der Waals surface area contributed by atoms with Gasteiger partial charge in [0, 0.05) is 28.7 Å². The number of hydrogen-bond acceptors (Lipinski definition) is 13. The number of nitrogens with one attached hydrogen (secondary N) is 2.